The van der Waals surface area contributed by atoms with Gasteiger partial charge < -0.3 is 0 Å². The second-order valence-electron chi connectivity index (χ2n) is 4.44. The van der Waals surface area contributed by atoms with Gasteiger partial charge in [0, 0.05) is 12.0 Å². The van der Waals surface area contributed by atoms with E-state index in [-0.39, 0.29) is 5.78 Å². The highest BCUT2D eigenvalue weighted by Gasteiger charge is 2.36. The van der Waals surface area contributed by atoms with Gasteiger partial charge in [0.25, 0.3) is 0 Å². The Morgan fingerprint density at radius 1 is 1.47 bits per heavy atom. The van der Waals surface area contributed by atoms with Gasteiger partial charge in [-0.1, -0.05) is 18.2 Å². The van der Waals surface area contributed by atoms with Crippen molar-refractivity contribution in [3.63, 3.8) is 0 Å². The standard InChI is InChI=1S/C13H15FO/c1-10(15)12-5-2-4-11(8-12)9-13(14)6-3-7-13/h2,4-5,8H,3,6-7,9H2,1H3. The minimum atomic E-state index is -1.00. The molecule has 0 aliphatic heterocycles. The van der Waals surface area contributed by atoms with Crippen molar-refractivity contribution >= 4 is 5.78 Å². The topological polar surface area (TPSA) is 17.1 Å². The van der Waals surface area contributed by atoms with Crippen LogP contribution < -0.4 is 0 Å². The first-order chi connectivity index (χ1) is 7.09. The Labute approximate surface area is 89.3 Å². The fourth-order valence-corrected chi connectivity index (χ4v) is 2.00. The van der Waals surface area contributed by atoms with Gasteiger partial charge in [-0.3, -0.25) is 4.79 Å². The summed E-state index contributed by atoms with van der Waals surface area (Å²) in [5.41, 5.74) is 0.607. The average molecular weight is 206 g/mol. The first kappa shape index (κ1) is 10.3. The van der Waals surface area contributed by atoms with Crippen LogP contribution in [0.15, 0.2) is 24.3 Å². The molecule has 0 unspecified atom stereocenters. The first-order valence-electron chi connectivity index (χ1n) is 5.38. The van der Waals surface area contributed by atoms with E-state index in [9.17, 15) is 9.18 Å². The van der Waals surface area contributed by atoms with Crippen molar-refractivity contribution in [2.75, 3.05) is 0 Å². The summed E-state index contributed by atoms with van der Waals surface area (Å²) in [4.78, 5) is 11.2. The van der Waals surface area contributed by atoms with Crippen molar-refractivity contribution < 1.29 is 9.18 Å². The van der Waals surface area contributed by atoms with Gasteiger partial charge >= 0.3 is 0 Å². The van der Waals surface area contributed by atoms with E-state index in [1.54, 1.807) is 6.07 Å². The zero-order valence-corrected chi connectivity index (χ0v) is 8.92. The summed E-state index contributed by atoms with van der Waals surface area (Å²) in [6.45, 7) is 1.54. The molecule has 0 saturated heterocycles. The fraction of sp³-hybridized carbons (Fsp3) is 0.462. The molecule has 1 aliphatic rings. The number of hydrogen-bond donors (Lipinski definition) is 0. The Balaban J connectivity index is 2.14. The number of ketones is 1. The van der Waals surface area contributed by atoms with Gasteiger partial charge in [0.1, 0.15) is 5.67 Å². The molecule has 0 radical (unpaired) electrons. The van der Waals surface area contributed by atoms with Crippen LogP contribution in [-0.2, 0) is 6.42 Å². The molecule has 1 saturated carbocycles. The molecule has 0 aromatic heterocycles. The molecule has 1 aromatic carbocycles. The van der Waals surface area contributed by atoms with Crippen LogP contribution in [0.2, 0.25) is 0 Å². The normalized spacial score (nSPS) is 18.3. The third-order valence-electron chi connectivity index (χ3n) is 3.10. The van der Waals surface area contributed by atoms with Crippen LogP contribution in [0.1, 0.15) is 42.1 Å². The number of rotatable bonds is 3. The Hall–Kier alpha value is -1.18. The van der Waals surface area contributed by atoms with Gasteiger partial charge in [0.05, 0.1) is 0 Å². The van der Waals surface area contributed by atoms with Crippen LogP contribution in [0, 0.1) is 0 Å². The van der Waals surface area contributed by atoms with Gasteiger partial charge in [0.2, 0.25) is 0 Å². The van der Waals surface area contributed by atoms with Crippen molar-refractivity contribution in [2.45, 2.75) is 38.3 Å². The van der Waals surface area contributed by atoms with Gasteiger partial charge in [-0.25, -0.2) is 4.39 Å². The molecule has 0 heterocycles. The molecule has 15 heavy (non-hydrogen) atoms. The van der Waals surface area contributed by atoms with E-state index in [0.717, 1.165) is 12.0 Å². The van der Waals surface area contributed by atoms with Crippen LogP contribution in [0.5, 0.6) is 0 Å². The highest BCUT2D eigenvalue weighted by atomic mass is 19.1. The summed E-state index contributed by atoms with van der Waals surface area (Å²) in [7, 11) is 0. The number of hydrogen-bond acceptors (Lipinski definition) is 1. The maximum Gasteiger partial charge on any atom is 0.159 e. The highest BCUT2D eigenvalue weighted by Crippen LogP contribution is 2.38. The van der Waals surface area contributed by atoms with Crippen LogP contribution in [0.4, 0.5) is 4.39 Å². The maximum absolute atomic E-state index is 13.8. The fourth-order valence-electron chi connectivity index (χ4n) is 2.00. The molecule has 0 N–H and O–H groups in total. The second-order valence-corrected chi connectivity index (χ2v) is 4.44. The lowest BCUT2D eigenvalue weighted by Crippen LogP contribution is -2.34. The van der Waals surface area contributed by atoms with E-state index in [1.165, 1.54) is 6.92 Å². The summed E-state index contributed by atoms with van der Waals surface area (Å²) in [5, 5.41) is 0. The van der Waals surface area contributed by atoms with Crippen LogP contribution >= 0.6 is 0 Å². The van der Waals surface area contributed by atoms with Crippen LogP contribution in [0.3, 0.4) is 0 Å². The molecule has 0 atom stereocenters. The Bertz CT molecular complexity index is 380. The molecule has 2 rings (SSSR count). The number of alkyl halides is 1. The number of carbonyl (C=O) groups is 1. The van der Waals surface area contributed by atoms with Gasteiger partial charge in [0.15, 0.2) is 5.78 Å². The monoisotopic (exact) mass is 206 g/mol. The van der Waals surface area contributed by atoms with Crippen molar-refractivity contribution in [3.05, 3.63) is 35.4 Å². The minimum Gasteiger partial charge on any atom is -0.295 e. The average Bonchev–Trinajstić information content (AvgIpc) is 2.16. The maximum atomic E-state index is 13.8. The number of halogens is 1. The van der Waals surface area contributed by atoms with Crippen molar-refractivity contribution in [1.29, 1.82) is 0 Å². The number of Topliss-reactive ketones (excluding diaryl/α,β-unsaturated/α-hetero) is 1. The lowest BCUT2D eigenvalue weighted by molar-refractivity contribution is 0.0641. The zero-order chi connectivity index (χ0) is 10.9. The molecule has 0 bridgehead atoms. The molecule has 0 amide bonds. The smallest absolute Gasteiger partial charge is 0.159 e. The largest absolute Gasteiger partial charge is 0.295 e. The summed E-state index contributed by atoms with van der Waals surface area (Å²) >= 11 is 0. The van der Waals surface area contributed by atoms with E-state index in [1.807, 2.05) is 18.2 Å². The number of benzene rings is 1. The number of carbonyl (C=O) groups excluding carboxylic acids is 1. The summed E-state index contributed by atoms with van der Waals surface area (Å²) in [6, 6.07) is 7.31. The van der Waals surface area contributed by atoms with E-state index >= 15 is 0 Å². The van der Waals surface area contributed by atoms with Crippen molar-refractivity contribution in [1.82, 2.24) is 0 Å². The predicted molar refractivity (Wildman–Crippen MR) is 57.8 cm³/mol. The lowest BCUT2D eigenvalue weighted by atomic mass is 9.77. The van der Waals surface area contributed by atoms with Crippen molar-refractivity contribution in [2.24, 2.45) is 0 Å². The molecule has 1 nitrogen and oxygen atoms in total. The van der Waals surface area contributed by atoms with Crippen LogP contribution in [-0.4, -0.2) is 11.5 Å². The lowest BCUT2D eigenvalue weighted by Gasteiger charge is -2.33. The molecule has 2 heteroatoms. The predicted octanol–water partition coefficient (Wildman–Crippen LogP) is 3.32. The summed E-state index contributed by atoms with van der Waals surface area (Å²) < 4.78 is 13.8. The van der Waals surface area contributed by atoms with E-state index in [2.05, 4.69) is 0 Å². The molecule has 0 spiro atoms. The SMILES string of the molecule is CC(=O)c1cccc(CC2(F)CCC2)c1. The highest BCUT2D eigenvalue weighted by molar-refractivity contribution is 5.94. The minimum absolute atomic E-state index is 0.0402. The molecule has 1 fully saturated rings. The van der Waals surface area contributed by atoms with E-state index in [0.29, 0.717) is 24.8 Å². The third kappa shape index (κ3) is 2.25. The van der Waals surface area contributed by atoms with E-state index < -0.39 is 5.67 Å². The zero-order valence-electron chi connectivity index (χ0n) is 8.92. The molecular formula is C13H15FO. The molecule has 1 aromatic rings. The van der Waals surface area contributed by atoms with Gasteiger partial charge in [-0.05, 0) is 37.8 Å². The van der Waals surface area contributed by atoms with Gasteiger partial charge in [-0.15, -0.1) is 0 Å². The quantitative estimate of drug-likeness (QED) is 0.693. The molecular weight excluding hydrogens is 191 g/mol. The Morgan fingerprint density at radius 2 is 2.20 bits per heavy atom. The van der Waals surface area contributed by atoms with Gasteiger partial charge in [-0.2, -0.15) is 0 Å². The van der Waals surface area contributed by atoms with E-state index in [4.69, 9.17) is 0 Å². The summed E-state index contributed by atoms with van der Waals surface area (Å²) in [6.07, 6.45) is 2.77. The summed E-state index contributed by atoms with van der Waals surface area (Å²) in [5.74, 6) is 0.0402. The molecule has 80 valence electrons. The van der Waals surface area contributed by atoms with Crippen molar-refractivity contribution in [3.8, 4) is 0 Å². The van der Waals surface area contributed by atoms with Crippen LogP contribution in [0.25, 0.3) is 0 Å². The Morgan fingerprint density at radius 3 is 2.73 bits per heavy atom. The second kappa shape index (κ2) is 3.76. The molecule has 1 aliphatic carbocycles. The third-order valence-corrected chi connectivity index (χ3v) is 3.10. The Kier molecular flexibility index (Phi) is 2.59. The first-order valence-corrected chi connectivity index (χ1v) is 5.38.